The van der Waals surface area contributed by atoms with Crippen molar-refractivity contribution >= 4 is 15.9 Å². The van der Waals surface area contributed by atoms with Crippen LogP contribution in [-0.2, 0) is 0 Å². The zero-order valence-electron chi connectivity index (χ0n) is 6.15. The summed E-state index contributed by atoms with van der Waals surface area (Å²) in [6.45, 7) is 8.07. The third-order valence-electron chi connectivity index (χ3n) is 1.07. The number of allylic oxidation sites excluding steroid dienone is 1. The minimum Gasteiger partial charge on any atom is -0.369 e. The van der Waals surface area contributed by atoms with Crippen molar-refractivity contribution in [3.8, 4) is 0 Å². The van der Waals surface area contributed by atoms with Gasteiger partial charge in [0.25, 0.3) is 0 Å². The third-order valence-corrected chi connectivity index (χ3v) is 2.72. The van der Waals surface area contributed by atoms with E-state index >= 15 is 0 Å². The fourth-order valence-corrected chi connectivity index (χ4v) is 1.18. The highest BCUT2D eigenvalue weighted by molar-refractivity contribution is 7.54. The molecule has 0 aliphatic carbocycles. The lowest BCUT2D eigenvalue weighted by atomic mass is 10.0. The largest absolute Gasteiger partial charge is 0.369 e. The first kappa shape index (κ1) is 9.03. The maximum atomic E-state index is 5.32. The molecular weight excluding hydrogens is 128 g/mol. The predicted molar refractivity (Wildman–Crippen MR) is 46.2 cm³/mol. The molecule has 0 aliphatic rings. The molecule has 1 unspecified atom stereocenters. The van der Waals surface area contributed by atoms with Crippen molar-refractivity contribution in [3.63, 3.8) is 0 Å². The second-order valence-electron chi connectivity index (χ2n) is 1.93. The molecule has 0 fully saturated rings. The summed E-state index contributed by atoms with van der Waals surface area (Å²) < 4.78 is 0. The smallest absolute Gasteiger partial charge is 0.0736 e. The standard InChI is InChI=1S/C6H13BNP/c1-4-9(3)8-6(2)5-7/h8H,2,4-5H2,1,3H3. The van der Waals surface area contributed by atoms with E-state index in [2.05, 4.69) is 25.3 Å². The molecule has 1 N–H and O–H groups in total. The molecule has 0 saturated carbocycles. The summed E-state index contributed by atoms with van der Waals surface area (Å²) >= 11 is 0. The van der Waals surface area contributed by atoms with Crippen molar-refractivity contribution in [2.45, 2.75) is 13.2 Å². The Labute approximate surface area is 60.1 Å². The Morgan fingerprint density at radius 1 is 1.78 bits per heavy atom. The highest BCUT2D eigenvalue weighted by Gasteiger charge is 1.94. The molecule has 0 bridgehead atoms. The van der Waals surface area contributed by atoms with Gasteiger partial charge in [0.05, 0.1) is 7.85 Å². The van der Waals surface area contributed by atoms with Gasteiger partial charge in [0.15, 0.2) is 0 Å². The molecule has 0 aromatic carbocycles. The average molecular weight is 141 g/mol. The number of hydrogen-bond acceptors (Lipinski definition) is 1. The monoisotopic (exact) mass is 141 g/mol. The molecule has 9 heavy (non-hydrogen) atoms. The van der Waals surface area contributed by atoms with E-state index < -0.39 is 0 Å². The van der Waals surface area contributed by atoms with Gasteiger partial charge in [-0.1, -0.05) is 19.8 Å². The van der Waals surface area contributed by atoms with Gasteiger partial charge < -0.3 is 5.09 Å². The number of hydrogen-bond donors (Lipinski definition) is 1. The Kier molecular flexibility index (Phi) is 4.89. The lowest BCUT2D eigenvalue weighted by Crippen LogP contribution is -2.05. The third kappa shape index (κ3) is 4.53. The van der Waals surface area contributed by atoms with Crippen LogP contribution in [0.3, 0.4) is 0 Å². The van der Waals surface area contributed by atoms with Gasteiger partial charge in [0.1, 0.15) is 0 Å². The van der Waals surface area contributed by atoms with Crippen LogP contribution < -0.4 is 5.09 Å². The van der Waals surface area contributed by atoms with E-state index in [-0.39, 0.29) is 8.07 Å². The van der Waals surface area contributed by atoms with Crippen molar-refractivity contribution in [1.29, 1.82) is 0 Å². The van der Waals surface area contributed by atoms with Gasteiger partial charge in [-0.3, -0.25) is 0 Å². The first-order chi connectivity index (χ1) is 4.20. The fraction of sp³-hybridized carbons (Fsp3) is 0.667. The van der Waals surface area contributed by atoms with Gasteiger partial charge in [-0.2, -0.15) is 0 Å². The van der Waals surface area contributed by atoms with Crippen LogP contribution in [0.4, 0.5) is 0 Å². The molecule has 1 nitrogen and oxygen atoms in total. The summed E-state index contributed by atoms with van der Waals surface area (Å²) in [7, 11) is 5.27. The topological polar surface area (TPSA) is 12.0 Å². The van der Waals surface area contributed by atoms with E-state index in [1.54, 1.807) is 0 Å². The minimum atomic E-state index is -0.0531. The Balaban J connectivity index is 3.34. The molecule has 0 aromatic rings. The van der Waals surface area contributed by atoms with Gasteiger partial charge in [0, 0.05) is 0 Å². The van der Waals surface area contributed by atoms with E-state index in [0.29, 0.717) is 6.32 Å². The quantitative estimate of drug-likeness (QED) is 0.464. The summed E-state index contributed by atoms with van der Waals surface area (Å²) in [6.07, 6.45) is 1.72. The van der Waals surface area contributed by atoms with E-state index in [4.69, 9.17) is 7.85 Å². The fourth-order valence-electron chi connectivity index (χ4n) is 0.395. The highest BCUT2D eigenvalue weighted by Crippen LogP contribution is 2.25. The molecule has 50 valence electrons. The molecule has 0 heterocycles. The van der Waals surface area contributed by atoms with E-state index in [1.165, 1.54) is 6.16 Å². The van der Waals surface area contributed by atoms with Crippen molar-refractivity contribution in [2.75, 3.05) is 12.8 Å². The van der Waals surface area contributed by atoms with Crippen LogP contribution in [0.2, 0.25) is 6.32 Å². The Morgan fingerprint density at radius 3 is 2.67 bits per heavy atom. The Bertz CT molecular complexity index is 95.1. The molecule has 0 spiro atoms. The van der Waals surface area contributed by atoms with Gasteiger partial charge in [-0.25, -0.2) is 0 Å². The predicted octanol–water partition coefficient (Wildman–Crippen LogP) is 1.72. The summed E-state index contributed by atoms with van der Waals surface area (Å²) in [5.41, 5.74) is 0.950. The lowest BCUT2D eigenvalue weighted by molar-refractivity contribution is 1.18. The van der Waals surface area contributed by atoms with Crippen LogP contribution in [0.1, 0.15) is 6.92 Å². The van der Waals surface area contributed by atoms with Crippen molar-refractivity contribution in [2.24, 2.45) is 0 Å². The highest BCUT2D eigenvalue weighted by atomic mass is 31.1. The van der Waals surface area contributed by atoms with Gasteiger partial charge in [0.2, 0.25) is 0 Å². The molecule has 0 aromatic heterocycles. The maximum Gasteiger partial charge on any atom is 0.0736 e. The van der Waals surface area contributed by atoms with Crippen LogP contribution in [0, 0.1) is 0 Å². The van der Waals surface area contributed by atoms with Gasteiger partial charge in [-0.05, 0) is 26.6 Å². The minimum absolute atomic E-state index is 0.0531. The van der Waals surface area contributed by atoms with E-state index in [0.717, 1.165) is 5.70 Å². The summed E-state index contributed by atoms with van der Waals surface area (Å²) in [4.78, 5) is 0. The molecular formula is C6H13BNP. The molecule has 0 rings (SSSR count). The lowest BCUT2D eigenvalue weighted by Gasteiger charge is -2.13. The van der Waals surface area contributed by atoms with Crippen molar-refractivity contribution < 1.29 is 0 Å². The molecule has 0 amide bonds. The molecule has 3 heteroatoms. The Hall–Kier alpha value is 0.0349. The first-order valence-corrected chi connectivity index (χ1v) is 5.03. The van der Waals surface area contributed by atoms with Crippen molar-refractivity contribution in [3.05, 3.63) is 12.3 Å². The van der Waals surface area contributed by atoms with Crippen LogP contribution in [0.15, 0.2) is 12.3 Å². The van der Waals surface area contributed by atoms with E-state index in [1.807, 2.05) is 0 Å². The maximum absolute atomic E-state index is 5.32. The molecule has 0 saturated heterocycles. The van der Waals surface area contributed by atoms with Crippen LogP contribution in [0.5, 0.6) is 0 Å². The zero-order valence-corrected chi connectivity index (χ0v) is 7.04. The van der Waals surface area contributed by atoms with Crippen molar-refractivity contribution in [1.82, 2.24) is 5.09 Å². The van der Waals surface area contributed by atoms with Gasteiger partial charge >= 0.3 is 0 Å². The van der Waals surface area contributed by atoms with Crippen LogP contribution in [0.25, 0.3) is 0 Å². The number of nitrogens with one attached hydrogen (secondary N) is 1. The Morgan fingerprint density at radius 2 is 2.33 bits per heavy atom. The average Bonchev–Trinajstić information content (AvgIpc) is 1.87. The second-order valence-corrected chi connectivity index (χ2v) is 4.19. The SMILES string of the molecule is [B]CC(=C)NP(C)CC. The molecule has 2 radical (unpaired) electrons. The normalized spacial score (nSPS) is 12.7. The zero-order chi connectivity index (χ0) is 7.28. The second kappa shape index (κ2) is 4.87. The summed E-state index contributed by atoms with van der Waals surface area (Å²) in [5.74, 6) is 0. The molecule has 0 aliphatic heterocycles. The van der Waals surface area contributed by atoms with E-state index in [9.17, 15) is 0 Å². The summed E-state index contributed by atoms with van der Waals surface area (Å²) in [5, 5.41) is 3.22. The first-order valence-electron chi connectivity index (χ1n) is 3.06. The van der Waals surface area contributed by atoms with Crippen LogP contribution in [-0.4, -0.2) is 20.7 Å². The van der Waals surface area contributed by atoms with Gasteiger partial charge in [-0.15, -0.1) is 0 Å². The number of rotatable bonds is 4. The molecule has 1 atom stereocenters. The summed E-state index contributed by atoms with van der Waals surface area (Å²) in [6, 6.07) is 0. The van der Waals surface area contributed by atoms with Crippen LogP contribution >= 0.6 is 8.07 Å².